The monoisotopic (exact) mass is 381 g/mol. The van der Waals surface area contributed by atoms with Crippen LogP contribution in [0.1, 0.15) is 28.7 Å². The number of benzene rings is 1. The number of carbonyl (C=O) groups is 1. The van der Waals surface area contributed by atoms with Crippen molar-refractivity contribution in [1.82, 2.24) is 9.38 Å². The number of alkyl halides is 3. The smallest absolute Gasteiger partial charge is 0.307 e. The molecule has 8 heteroatoms. The molecule has 0 saturated carbocycles. The molecule has 0 N–H and O–H groups in total. The van der Waals surface area contributed by atoms with Crippen LogP contribution in [-0.2, 0) is 6.18 Å². The topological polar surface area (TPSA) is 37.6 Å². The maximum Gasteiger partial charge on any atom is 0.417 e. The normalized spacial score (nSPS) is 11.8. The van der Waals surface area contributed by atoms with Crippen molar-refractivity contribution in [2.75, 3.05) is 11.4 Å². The summed E-state index contributed by atoms with van der Waals surface area (Å²) in [5.41, 5.74) is 0.186. The van der Waals surface area contributed by atoms with E-state index in [1.807, 2.05) is 6.07 Å². The Kier molecular flexibility index (Phi) is 4.66. The summed E-state index contributed by atoms with van der Waals surface area (Å²) in [6, 6.07) is 9.71. The number of hydrogen-bond acceptors (Lipinski definition) is 2. The van der Waals surface area contributed by atoms with E-state index < -0.39 is 17.6 Å². The van der Waals surface area contributed by atoms with Crippen molar-refractivity contribution in [1.29, 1.82) is 0 Å². The molecule has 0 fully saturated rings. The molecule has 4 nitrogen and oxygen atoms in total. The number of fused-ring (bicyclic) bond motifs is 1. The van der Waals surface area contributed by atoms with E-state index in [-0.39, 0.29) is 16.4 Å². The minimum absolute atomic E-state index is 0.0544. The number of nitrogens with zero attached hydrogens (tertiary/aromatic N) is 3. The first-order chi connectivity index (χ1) is 12.2. The van der Waals surface area contributed by atoms with Crippen LogP contribution in [0.5, 0.6) is 0 Å². The first-order valence-corrected chi connectivity index (χ1v) is 8.24. The van der Waals surface area contributed by atoms with Gasteiger partial charge >= 0.3 is 6.18 Å². The second-order valence-electron chi connectivity index (χ2n) is 5.70. The summed E-state index contributed by atoms with van der Waals surface area (Å²) >= 11 is 5.98. The average molecular weight is 382 g/mol. The molecule has 0 aliphatic carbocycles. The number of pyridine rings is 1. The predicted octanol–water partition coefficient (Wildman–Crippen LogP) is 4.98. The van der Waals surface area contributed by atoms with E-state index in [2.05, 4.69) is 4.98 Å². The van der Waals surface area contributed by atoms with Gasteiger partial charge in [0.15, 0.2) is 5.65 Å². The Bertz CT molecular complexity index is 967. The fourth-order valence-corrected chi connectivity index (χ4v) is 3.06. The zero-order valence-electron chi connectivity index (χ0n) is 14.0. The van der Waals surface area contributed by atoms with Gasteiger partial charge in [-0.1, -0.05) is 29.8 Å². The van der Waals surface area contributed by atoms with Crippen molar-refractivity contribution in [2.45, 2.75) is 20.0 Å². The Labute approximate surface area is 152 Å². The number of anilines is 1. The lowest BCUT2D eigenvalue weighted by atomic mass is 10.2. The molecule has 0 saturated heterocycles. The molecule has 2 heterocycles. The minimum Gasteiger partial charge on any atom is -0.307 e. The molecule has 1 amide bonds. The summed E-state index contributed by atoms with van der Waals surface area (Å²) < 4.78 is 40.5. The zero-order valence-corrected chi connectivity index (χ0v) is 14.8. The third-order valence-corrected chi connectivity index (χ3v) is 4.29. The summed E-state index contributed by atoms with van der Waals surface area (Å²) in [4.78, 5) is 18.7. The minimum atomic E-state index is -4.58. The van der Waals surface area contributed by atoms with Gasteiger partial charge in [-0.15, -0.1) is 0 Å². The van der Waals surface area contributed by atoms with E-state index >= 15 is 0 Å². The van der Waals surface area contributed by atoms with Gasteiger partial charge in [-0.2, -0.15) is 13.2 Å². The van der Waals surface area contributed by atoms with E-state index in [4.69, 9.17) is 11.6 Å². The lowest BCUT2D eigenvalue weighted by Crippen LogP contribution is -2.32. The van der Waals surface area contributed by atoms with Gasteiger partial charge in [0.05, 0.1) is 16.3 Å². The number of carbonyl (C=O) groups excluding carboxylic acids is 1. The standard InChI is InChI=1S/C18H15ClF3N3O/c1-3-24(13-7-5-4-6-8-13)17(26)15-11(2)23-16-14(19)9-12(10-25(15)16)18(20,21)22/h4-10H,3H2,1-2H3. The quantitative estimate of drug-likeness (QED) is 0.641. The molecule has 3 aromatic rings. The Morgan fingerprint density at radius 1 is 1.27 bits per heavy atom. The van der Waals surface area contributed by atoms with E-state index in [1.165, 1.54) is 4.90 Å². The first kappa shape index (κ1) is 18.3. The highest BCUT2D eigenvalue weighted by Crippen LogP contribution is 2.33. The number of rotatable bonds is 3. The summed E-state index contributed by atoms with van der Waals surface area (Å²) in [7, 11) is 0. The first-order valence-electron chi connectivity index (χ1n) is 7.86. The van der Waals surface area contributed by atoms with Crippen LogP contribution in [0.15, 0.2) is 42.6 Å². The fraction of sp³-hybridized carbons (Fsp3) is 0.222. The molecule has 26 heavy (non-hydrogen) atoms. The molecule has 1 aromatic carbocycles. The molecule has 0 unspecified atom stereocenters. The Morgan fingerprint density at radius 2 is 1.92 bits per heavy atom. The van der Waals surface area contributed by atoms with Crippen molar-refractivity contribution in [3.05, 3.63) is 64.6 Å². The number of para-hydroxylation sites is 1. The number of imidazole rings is 1. The van der Waals surface area contributed by atoms with Crippen LogP contribution >= 0.6 is 11.6 Å². The van der Waals surface area contributed by atoms with E-state index in [9.17, 15) is 18.0 Å². The van der Waals surface area contributed by atoms with Crippen LogP contribution in [0.4, 0.5) is 18.9 Å². The molecule has 2 aromatic heterocycles. The Hall–Kier alpha value is -2.54. The molecule has 0 atom stereocenters. The number of hydrogen-bond donors (Lipinski definition) is 0. The maximum atomic E-state index is 13.1. The molecule has 136 valence electrons. The molecule has 0 radical (unpaired) electrons. The molecule has 0 bridgehead atoms. The van der Waals surface area contributed by atoms with Crippen LogP contribution in [0.3, 0.4) is 0 Å². The van der Waals surface area contributed by atoms with Crippen molar-refractivity contribution < 1.29 is 18.0 Å². The molecule has 0 aliphatic rings. The van der Waals surface area contributed by atoms with Gasteiger partial charge in [0, 0.05) is 18.4 Å². The number of aromatic nitrogens is 2. The second-order valence-corrected chi connectivity index (χ2v) is 6.11. The third kappa shape index (κ3) is 3.14. The number of halogens is 4. The molecular weight excluding hydrogens is 367 g/mol. The van der Waals surface area contributed by atoms with Crippen LogP contribution in [0, 0.1) is 6.92 Å². The molecule has 0 spiro atoms. The average Bonchev–Trinajstić information content (AvgIpc) is 2.92. The fourth-order valence-electron chi connectivity index (χ4n) is 2.81. The summed E-state index contributed by atoms with van der Waals surface area (Å²) in [6.07, 6.45) is -3.73. The second kappa shape index (κ2) is 6.64. The van der Waals surface area contributed by atoms with Gasteiger partial charge in [-0.05, 0) is 32.0 Å². The lowest BCUT2D eigenvalue weighted by Gasteiger charge is -2.21. The van der Waals surface area contributed by atoms with Gasteiger partial charge in [0.25, 0.3) is 5.91 Å². The van der Waals surface area contributed by atoms with E-state index in [0.717, 1.165) is 16.7 Å². The van der Waals surface area contributed by atoms with Gasteiger partial charge in [-0.25, -0.2) is 4.98 Å². The largest absolute Gasteiger partial charge is 0.417 e. The van der Waals surface area contributed by atoms with Crippen molar-refractivity contribution in [2.24, 2.45) is 0 Å². The Balaban J connectivity index is 2.19. The highest BCUT2D eigenvalue weighted by molar-refractivity contribution is 6.33. The molecular formula is C18H15ClF3N3O. The van der Waals surface area contributed by atoms with E-state index in [1.54, 1.807) is 38.1 Å². The van der Waals surface area contributed by atoms with Crippen LogP contribution in [0.25, 0.3) is 5.65 Å². The SMILES string of the molecule is CCN(C(=O)c1c(C)nc2c(Cl)cc(C(F)(F)F)cn12)c1ccccc1. The third-order valence-electron chi connectivity index (χ3n) is 4.01. The summed E-state index contributed by atoms with van der Waals surface area (Å²) in [5.74, 6) is -0.445. The number of aryl methyl sites for hydroxylation is 1. The van der Waals surface area contributed by atoms with Crippen LogP contribution in [-0.4, -0.2) is 21.8 Å². The highest BCUT2D eigenvalue weighted by atomic mass is 35.5. The zero-order chi connectivity index (χ0) is 19.1. The molecule has 0 aliphatic heterocycles. The van der Waals surface area contributed by atoms with Crippen molar-refractivity contribution in [3.8, 4) is 0 Å². The van der Waals surface area contributed by atoms with Gasteiger partial charge in [0.1, 0.15) is 5.69 Å². The van der Waals surface area contributed by atoms with Crippen LogP contribution < -0.4 is 4.90 Å². The maximum absolute atomic E-state index is 13.1. The lowest BCUT2D eigenvalue weighted by molar-refractivity contribution is -0.137. The van der Waals surface area contributed by atoms with E-state index in [0.29, 0.717) is 17.9 Å². The van der Waals surface area contributed by atoms with Crippen molar-refractivity contribution in [3.63, 3.8) is 0 Å². The summed E-state index contributed by atoms with van der Waals surface area (Å²) in [5, 5.41) is -0.162. The van der Waals surface area contributed by atoms with Gasteiger partial charge < -0.3 is 4.90 Å². The number of amides is 1. The highest BCUT2D eigenvalue weighted by Gasteiger charge is 2.33. The summed E-state index contributed by atoms with van der Waals surface area (Å²) in [6.45, 7) is 3.71. The molecule has 3 rings (SSSR count). The van der Waals surface area contributed by atoms with Gasteiger partial charge in [0.2, 0.25) is 0 Å². The predicted molar refractivity (Wildman–Crippen MR) is 93.7 cm³/mol. The Morgan fingerprint density at radius 3 is 2.50 bits per heavy atom. The van der Waals surface area contributed by atoms with Gasteiger partial charge in [-0.3, -0.25) is 9.20 Å². The van der Waals surface area contributed by atoms with Crippen LogP contribution in [0.2, 0.25) is 5.02 Å². The van der Waals surface area contributed by atoms with Crippen molar-refractivity contribution >= 4 is 28.8 Å².